The van der Waals surface area contributed by atoms with Crippen molar-refractivity contribution < 1.29 is 47.3 Å². The summed E-state index contributed by atoms with van der Waals surface area (Å²) in [6, 6.07) is 4.41. The summed E-state index contributed by atoms with van der Waals surface area (Å²) < 4.78 is 36.4. The molecule has 11 heteroatoms. The van der Waals surface area contributed by atoms with Crippen molar-refractivity contribution in [1.82, 2.24) is 0 Å². The molecule has 4 heterocycles. The maximum atomic E-state index is 14.4. The third-order valence-corrected chi connectivity index (χ3v) is 12.7. The van der Waals surface area contributed by atoms with E-state index in [-0.39, 0.29) is 40.6 Å². The monoisotopic (exact) mass is 622 g/mol. The summed E-state index contributed by atoms with van der Waals surface area (Å²) in [5, 5.41) is 0.209. The topological polar surface area (TPSA) is 145 Å². The Kier molecular flexibility index (Phi) is 5.61. The first kappa shape index (κ1) is 29.8. The van der Waals surface area contributed by atoms with Crippen LogP contribution in [0.25, 0.3) is 11.0 Å². The highest BCUT2D eigenvalue weighted by Crippen LogP contribution is 2.67. The van der Waals surface area contributed by atoms with Crippen LogP contribution in [0.1, 0.15) is 92.7 Å². The van der Waals surface area contributed by atoms with E-state index in [2.05, 4.69) is 0 Å². The van der Waals surface area contributed by atoms with Gasteiger partial charge in [-0.1, -0.05) is 27.7 Å². The highest BCUT2D eigenvalue weighted by Gasteiger charge is 2.78. The summed E-state index contributed by atoms with van der Waals surface area (Å²) in [6.45, 7) is 14.2. The van der Waals surface area contributed by atoms with E-state index in [9.17, 15) is 24.0 Å². The first-order valence-electron chi connectivity index (χ1n) is 15.4. The first-order valence-corrected chi connectivity index (χ1v) is 15.4. The predicted octanol–water partition coefficient (Wildman–Crippen LogP) is 4.70. The van der Waals surface area contributed by atoms with E-state index in [1.165, 1.54) is 12.3 Å². The standard InChI is InChI=1S/C34H38O11/c1-28(2)23(42-27(39)34-15-13-32(8,25(37)45-34)30(34,5)6)22(20-19(43-28)10-9-17-18(35)11-16-40-21(17)20)41-26(38)33-14-12-31(7,24(36)44-33)29(33,3)4/h9-11,16,22-23H,12-15H2,1-8H3/t22-,23-,31?,32?,33?,34?/m1/s1. The summed E-state index contributed by atoms with van der Waals surface area (Å²) >= 11 is 0. The second kappa shape index (κ2) is 8.47. The molecule has 2 saturated heterocycles. The Hall–Kier alpha value is -3.89. The quantitative estimate of drug-likeness (QED) is 0.345. The number of fused-ring (bicyclic) bond motifs is 7. The van der Waals surface area contributed by atoms with Gasteiger partial charge in [-0.05, 0) is 65.5 Å². The van der Waals surface area contributed by atoms with Crippen LogP contribution in [-0.4, -0.2) is 46.8 Å². The lowest BCUT2D eigenvalue weighted by Crippen LogP contribution is -2.57. The molecule has 7 rings (SSSR count). The lowest BCUT2D eigenvalue weighted by atomic mass is 9.66. The Bertz CT molecular complexity index is 1780. The fourth-order valence-electron chi connectivity index (χ4n) is 8.52. The molecule has 2 aromatic rings. The number of rotatable bonds is 4. The van der Waals surface area contributed by atoms with Crippen molar-refractivity contribution in [3.8, 4) is 5.75 Å². The molecule has 0 amide bonds. The van der Waals surface area contributed by atoms with Gasteiger partial charge in [0.1, 0.15) is 16.9 Å². The highest BCUT2D eigenvalue weighted by molar-refractivity contribution is 5.95. The molecule has 4 fully saturated rings. The van der Waals surface area contributed by atoms with Crippen LogP contribution in [0.15, 0.2) is 33.7 Å². The Morgan fingerprint density at radius 2 is 1.24 bits per heavy atom. The first-order chi connectivity index (χ1) is 20.8. The Balaban J connectivity index is 1.36. The lowest BCUT2D eigenvalue weighted by Gasteiger charge is -2.45. The van der Waals surface area contributed by atoms with Crippen molar-refractivity contribution in [2.45, 2.75) is 110 Å². The number of hydrogen-bond donors (Lipinski definition) is 0. The molecule has 1 aromatic carbocycles. The molecule has 1 aromatic heterocycles. The average Bonchev–Trinajstić information content (AvgIpc) is 3.42. The molecular weight excluding hydrogens is 584 g/mol. The van der Waals surface area contributed by atoms with Crippen molar-refractivity contribution in [1.29, 1.82) is 0 Å². The maximum absolute atomic E-state index is 14.4. The van der Waals surface area contributed by atoms with E-state index in [0.717, 1.165) is 0 Å². The van der Waals surface area contributed by atoms with Crippen LogP contribution in [0.4, 0.5) is 0 Å². The Morgan fingerprint density at radius 3 is 1.73 bits per heavy atom. The molecule has 45 heavy (non-hydrogen) atoms. The van der Waals surface area contributed by atoms with Gasteiger partial charge in [-0.2, -0.15) is 0 Å². The minimum Gasteiger partial charge on any atom is -0.483 e. The van der Waals surface area contributed by atoms with Gasteiger partial charge in [0.2, 0.25) is 11.2 Å². The molecule has 6 atom stereocenters. The van der Waals surface area contributed by atoms with Crippen LogP contribution in [0.5, 0.6) is 5.75 Å². The molecule has 4 bridgehead atoms. The van der Waals surface area contributed by atoms with Crippen LogP contribution in [0.3, 0.4) is 0 Å². The smallest absolute Gasteiger partial charge is 0.351 e. The number of carbonyl (C=O) groups excluding carboxylic acids is 4. The molecule has 0 N–H and O–H groups in total. The summed E-state index contributed by atoms with van der Waals surface area (Å²) in [5.74, 6) is -2.26. The fourth-order valence-corrected chi connectivity index (χ4v) is 8.52. The molecule has 240 valence electrons. The van der Waals surface area contributed by atoms with E-state index in [4.69, 9.17) is 28.1 Å². The molecule has 2 aliphatic carbocycles. The second-order valence-corrected chi connectivity index (χ2v) is 15.3. The zero-order chi connectivity index (χ0) is 32.8. The van der Waals surface area contributed by atoms with Gasteiger partial charge >= 0.3 is 23.9 Å². The van der Waals surface area contributed by atoms with Crippen LogP contribution in [0, 0.1) is 21.7 Å². The normalized spacial score (nSPS) is 37.9. The molecule has 4 unspecified atom stereocenters. The predicted molar refractivity (Wildman–Crippen MR) is 156 cm³/mol. The largest absolute Gasteiger partial charge is 0.483 e. The molecule has 2 saturated carbocycles. The summed E-state index contributed by atoms with van der Waals surface area (Å²) in [5.41, 5.74) is -8.05. The minimum absolute atomic E-state index is 0.102. The average molecular weight is 623 g/mol. The third-order valence-electron chi connectivity index (χ3n) is 12.7. The van der Waals surface area contributed by atoms with E-state index >= 15 is 0 Å². The number of esters is 4. The van der Waals surface area contributed by atoms with Crippen LogP contribution >= 0.6 is 0 Å². The van der Waals surface area contributed by atoms with Gasteiger partial charge in [0.05, 0.1) is 28.0 Å². The third kappa shape index (κ3) is 3.24. The van der Waals surface area contributed by atoms with E-state index in [1.807, 2.05) is 27.7 Å². The van der Waals surface area contributed by atoms with Crippen molar-refractivity contribution >= 4 is 34.8 Å². The van der Waals surface area contributed by atoms with Crippen LogP contribution in [0.2, 0.25) is 0 Å². The molecule has 0 spiro atoms. The van der Waals surface area contributed by atoms with Crippen molar-refractivity contribution in [2.24, 2.45) is 21.7 Å². The maximum Gasteiger partial charge on any atom is 0.351 e. The Labute approximate surface area is 259 Å². The highest BCUT2D eigenvalue weighted by atomic mass is 16.7. The fraction of sp³-hybridized carbons (Fsp3) is 0.618. The van der Waals surface area contributed by atoms with Gasteiger partial charge in [0.15, 0.2) is 17.6 Å². The molecular formula is C34H38O11. The van der Waals surface area contributed by atoms with Gasteiger partial charge in [0, 0.05) is 16.9 Å². The van der Waals surface area contributed by atoms with Gasteiger partial charge in [-0.25, -0.2) is 9.59 Å². The lowest BCUT2D eigenvalue weighted by molar-refractivity contribution is -0.217. The SMILES string of the molecule is CC1(C)Oc2ccc3c(=O)ccoc3c2[C@@H](OC(=O)C23CCC(C)(C(=O)O2)C3(C)C)[C@H]1OC(=O)C12CCC(C)(C(=O)O1)C2(C)C. The van der Waals surface area contributed by atoms with E-state index < -0.39 is 74.5 Å². The molecule has 0 radical (unpaired) electrons. The van der Waals surface area contributed by atoms with Crippen molar-refractivity contribution in [3.63, 3.8) is 0 Å². The van der Waals surface area contributed by atoms with Crippen LogP contribution in [-0.2, 0) is 38.1 Å². The van der Waals surface area contributed by atoms with Crippen molar-refractivity contribution in [3.05, 3.63) is 40.2 Å². The number of benzene rings is 1. The van der Waals surface area contributed by atoms with Crippen LogP contribution < -0.4 is 10.2 Å². The number of carbonyl (C=O) groups is 4. The Morgan fingerprint density at radius 1 is 0.711 bits per heavy atom. The molecule has 11 nitrogen and oxygen atoms in total. The molecule has 3 aliphatic heterocycles. The number of ether oxygens (including phenoxy) is 5. The minimum atomic E-state index is -1.59. The summed E-state index contributed by atoms with van der Waals surface area (Å²) in [6.07, 6.45) is -0.0273. The van der Waals surface area contributed by atoms with E-state index in [1.54, 1.807) is 39.8 Å². The summed E-state index contributed by atoms with van der Waals surface area (Å²) in [4.78, 5) is 67.5. The second-order valence-electron chi connectivity index (χ2n) is 15.3. The van der Waals surface area contributed by atoms with Gasteiger partial charge < -0.3 is 28.1 Å². The van der Waals surface area contributed by atoms with E-state index in [0.29, 0.717) is 12.8 Å². The van der Waals surface area contributed by atoms with Gasteiger partial charge in [-0.3, -0.25) is 14.4 Å². The summed E-state index contributed by atoms with van der Waals surface area (Å²) in [7, 11) is 0. The molecule has 5 aliphatic rings. The van der Waals surface area contributed by atoms with Gasteiger partial charge in [-0.15, -0.1) is 0 Å². The number of hydrogen-bond acceptors (Lipinski definition) is 11. The zero-order valence-corrected chi connectivity index (χ0v) is 26.8. The van der Waals surface area contributed by atoms with Gasteiger partial charge in [0.25, 0.3) is 0 Å². The zero-order valence-electron chi connectivity index (χ0n) is 26.8. The van der Waals surface area contributed by atoms with Crippen molar-refractivity contribution in [2.75, 3.05) is 0 Å².